The summed E-state index contributed by atoms with van der Waals surface area (Å²) in [6, 6.07) is 18.1. The predicted molar refractivity (Wildman–Crippen MR) is 114 cm³/mol. The summed E-state index contributed by atoms with van der Waals surface area (Å²) in [6.07, 6.45) is 0.969. The van der Waals surface area contributed by atoms with Crippen LogP contribution in [0.1, 0.15) is 23.6 Å². The van der Waals surface area contributed by atoms with Gasteiger partial charge in [-0.05, 0) is 36.7 Å². The molecule has 1 aliphatic heterocycles. The monoisotopic (exact) mass is 397 g/mol. The van der Waals surface area contributed by atoms with E-state index in [-0.39, 0.29) is 12.1 Å². The number of carbonyl (C=O) groups is 1. The summed E-state index contributed by atoms with van der Waals surface area (Å²) >= 11 is 0. The average Bonchev–Trinajstić information content (AvgIpc) is 3.12. The lowest BCUT2D eigenvalue weighted by molar-refractivity contribution is 0.157. The van der Waals surface area contributed by atoms with E-state index in [9.17, 15) is 4.79 Å². The molecule has 0 radical (unpaired) electrons. The van der Waals surface area contributed by atoms with Crippen LogP contribution in [-0.4, -0.2) is 62.8 Å². The maximum absolute atomic E-state index is 12.3. The summed E-state index contributed by atoms with van der Waals surface area (Å²) in [5, 5.41) is 3.06. The number of nitrogens with one attached hydrogen (secondary N) is 1. The Hall–Kier alpha value is -2.57. The Kier molecular flexibility index (Phi) is 7.90. The van der Waals surface area contributed by atoms with Gasteiger partial charge in [0.25, 0.3) is 0 Å². The highest BCUT2D eigenvalue weighted by atomic mass is 16.5. The van der Waals surface area contributed by atoms with E-state index in [1.165, 1.54) is 0 Å². The van der Waals surface area contributed by atoms with Gasteiger partial charge in [0.15, 0.2) is 0 Å². The van der Waals surface area contributed by atoms with Crippen LogP contribution >= 0.6 is 0 Å². The second-order valence-corrected chi connectivity index (χ2v) is 7.44. The van der Waals surface area contributed by atoms with E-state index in [2.05, 4.69) is 29.4 Å². The average molecular weight is 398 g/mol. The highest BCUT2D eigenvalue weighted by Crippen LogP contribution is 2.22. The first-order chi connectivity index (χ1) is 14.2. The van der Waals surface area contributed by atoms with Crippen molar-refractivity contribution < 1.29 is 14.3 Å². The molecule has 0 aliphatic carbocycles. The molecule has 1 aliphatic rings. The van der Waals surface area contributed by atoms with Crippen LogP contribution in [0.2, 0.25) is 0 Å². The summed E-state index contributed by atoms with van der Waals surface area (Å²) in [4.78, 5) is 16.4. The number of rotatable bonds is 11. The molecule has 2 amide bonds. The summed E-state index contributed by atoms with van der Waals surface area (Å²) in [5.41, 5.74) is 2.24. The SMILES string of the molecule is COCCN(C)CCCOc1ccc(CN2C[C@H](c3ccccc3)NC2=O)cc1. The van der Waals surface area contributed by atoms with Crippen molar-refractivity contribution >= 4 is 6.03 Å². The number of nitrogens with zero attached hydrogens (tertiary/aromatic N) is 2. The van der Waals surface area contributed by atoms with Crippen molar-refractivity contribution in [2.75, 3.05) is 47.0 Å². The van der Waals surface area contributed by atoms with E-state index < -0.39 is 0 Å². The first-order valence-corrected chi connectivity index (χ1v) is 10.2. The van der Waals surface area contributed by atoms with Gasteiger partial charge in [-0.25, -0.2) is 4.79 Å². The van der Waals surface area contributed by atoms with Crippen molar-refractivity contribution in [1.29, 1.82) is 0 Å². The number of hydrogen-bond donors (Lipinski definition) is 1. The van der Waals surface area contributed by atoms with Gasteiger partial charge in [0.1, 0.15) is 5.75 Å². The molecule has 1 saturated heterocycles. The van der Waals surface area contributed by atoms with Gasteiger partial charge < -0.3 is 24.6 Å². The predicted octanol–water partition coefficient (Wildman–Crippen LogP) is 3.30. The third kappa shape index (κ3) is 6.48. The van der Waals surface area contributed by atoms with Crippen LogP contribution in [-0.2, 0) is 11.3 Å². The third-order valence-electron chi connectivity index (χ3n) is 5.12. The Bertz CT molecular complexity index is 752. The Labute approximate surface area is 173 Å². The Morgan fingerprint density at radius 1 is 1.07 bits per heavy atom. The highest BCUT2D eigenvalue weighted by molar-refractivity contribution is 5.77. The van der Waals surface area contributed by atoms with E-state index in [0.29, 0.717) is 19.7 Å². The number of benzene rings is 2. The van der Waals surface area contributed by atoms with Crippen LogP contribution in [0.3, 0.4) is 0 Å². The number of amides is 2. The second kappa shape index (κ2) is 10.8. The maximum Gasteiger partial charge on any atom is 0.318 e. The summed E-state index contributed by atoms with van der Waals surface area (Å²) in [7, 11) is 3.81. The zero-order valence-electron chi connectivity index (χ0n) is 17.3. The minimum atomic E-state index is -0.0169. The van der Waals surface area contributed by atoms with Crippen LogP contribution in [0.5, 0.6) is 5.75 Å². The van der Waals surface area contributed by atoms with Crippen LogP contribution in [0.25, 0.3) is 0 Å². The van der Waals surface area contributed by atoms with Crippen molar-refractivity contribution in [1.82, 2.24) is 15.1 Å². The van der Waals surface area contributed by atoms with Gasteiger partial charge in [-0.2, -0.15) is 0 Å². The molecule has 2 aromatic carbocycles. The zero-order chi connectivity index (χ0) is 20.5. The summed E-state index contributed by atoms with van der Waals surface area (Å²) in [6.45, 7) is 4.62. The molecule has 6 nitrogen and oxygen atoms in total. The number of hydrogen-bond acceptors (Lipinski definition) is 4. The Morgan fingerprint density at radius 2 is 1.83 bits per heavy atom. The smallest absolute Gasteiger partial charge is 0.318 e. The number of likely N-dealkylation sites (N-methyl/N-ethyl adjacent to an activating group) is 1. The van der Waals surface area contributed by atoms with Gasteiger partial charge in [-0.15, -0.1) is 0 Å². The van der Waals surface area contributed by atoms with Crippen LogP contribution in [0.15, 0.2) is 54.6 Å². The van der Waals surface area contributed by atoms with Gasteiger partial charge in [-0.1, -0.05) is 42.5 Å². The fourth-order valence-corrected chi connectivity index (χ4v) is 3.39. The van der Waals surface area contributed by atoms with Crippen LogP contribution in [0.4, 0.5) is 4.79 Å². The Balaban J connectivity index is 1.42. The molecule has 29 heavy (non-hydrogen) atoms. The molecule has 156 valence electrons. The minimum absolute atomic E-state index is 0.0169. The first kappa shape index (κ1) is 21.1. The minimum Gasteiger partial charge on any atom is -0.494 e. The molecular formula is C23H31N3O3. The van der Waals surface area contributed by atoms with Gasteiger partial charge in [0.2, 0.25) is 0 Å². The van der Waals surface area contributed by atoms with Crippen LogP contribution in [0, 0.1) is 0 Å². The molecular weight excluding hydrogens is 366 g/mol. The molecule has 1 N–H and O–H groups in total. The molecule has 0 spiro atoms. The van der Waals surface area contributed by atoms with E-state index in [4.69, 9.17) is 9.47 Å². The van der Waals surface area contributed by atoms with Crippen molar-refractivity contribution in [2.24, 2.45) is 0 Å². The topological polar surface area (TPSA) is 54.0 Å². The van der Waals surface area contributed by atoms with Crippen molar-refractivity contribution in [2.45, 2.75) is 19.0 Å². The number of ether oxygens (including phenoxy) is 2. The van der Waals surface area contributed by atoms with Crippen molar-refractivity contribution in [3.8, 4) is 5.75 Å². The lowest BCUT2D eigenvalue weighted by atomic mass is 10.1. The Morgan fingerprint density at radius 3 is 2.55 bits per heavy atom. The van der Waals surface area contributed by atoms with Crippen molar-refractivity contribution in [3.63, 3.8) is 0 Å². The van der Waals surface area contributed by atoms with Crippen LogP contribution < -0.4 is 10.1 Å². The largest absolute Gasteiger partial charge is 0.494 e. The molecule has 0 bridgehead atoms. The first-order valence-electron chi connectivity index (χ1n) is 10.2. The lowest BCUT2D eigenvalue weighted by Crippen LogP contribution is -2.27. The van der Waals surface area contributed by atoms with Gasteiger partial charge in [0, 0.05) is 33.3 Å². The van der Waals surface area contributed by atoms with Gasteiger partial charge >= 0.3 is 6.03 Å². The zero-order valence-corrected chi connectivity index (χ0v) is 17.3. The summed E-state index contributed by atoms with van der Waals surface area (Å²) in [5.74, 6) is 0.862. The number of urea groups is 1. The lowest BCUT2D eigenvalue weighted by Gasteiger charge is -2.16. The number of carbonyl (C=O) groups excluding carboxylic acids is 1. The molecule has 2 aromatic rings. The van der Waals surface area contributed by atoms with Crippen molar-refractivity contribution in [3.05, 3.63) is 65.7 Å². The van der Waals surface area contributed by atoms with E-state index >= 15 is 0 Å². The maximum atomic E-state index is 12.3. The van der Waals surface area contributed by atoms with E-state index in [0.717, 1.165) is 43.0 Å². The summed E-state index contributed by atoms with van der Waals surface area (Å²) < 4.78 is 10.9. The van der Waals surface area contributed by atoms with E-state index in [1.54, 1.807) is 7.11 Å². The molecule has 1 fully saturated rings. The standard InChI is InChI=1S/C23H31N3O3/c1-25(14-16-28-2)13-6-15-29-21-11-9-19(10-12-21)17-26-18-22(24-23(26)27)20-7-4-3-5-8-20/h3-5,7-12,22H,6,13-18H2,1-2H3,(H,24,27)/t22-/m1/s1. The molecule has 6 heteroatoms. The van der Waals surface area contributed by atoms with E-state index in [1.807, 2.05) is 47.4 Å². The highest BCUT2D eigenvalue weighted by Gasteiger charge is 2.29. The molecule has 3 rings (SSSR count). The molecule has 0 aromatic heterocycles. The third-order valence-corrected chi connectivity index (χ3v) is 5.12. The number of methoxy groups -OCH3 is 1. The fourth-order valence-electron chi connectivity index (χ4n) is 3.39. The quantitative estimate of drug-likeness (QED) is 0.591. The molecule has 1 atom stereocenters. The van der Waals surface area contributed by atoms with Gasteiger partial charge in [-0.3, -0.25) is 0 Å². The fraction of sp³-hybridized carbons (Fsp3) is 0.435. The normalized spacial score (nSPS) is 16.3. The van der Waals surface area contributed by atoms with Gasteiger partial charge in [0.05, 0.1) is 19.3 Å². The molecule has 0 saturated carbocycles. The molecule has 0 unspecified atom stereocenters. The molecule has 1 heterocycles. The second-order valence-electron chi connectivity index (χ2n) is 7.44.